The van der Waals surface area contributed by atoms with Crippen molar-refractivity contribution in [2.24, 2.45) is 4.99 Å². The largest absolute Gasteiger partial charge is 0.366 e. The maximum absolute atomic E-state index is 14.1. The molecule has 0 unspecified atom stereocenters. The summed E-state index contributed by atoms with van der Waals surface area (Å²) >= 11 is 0. The minimum Gasteiger partial charge on any atom is -0.366 e. The Bertz CT molecular complexity index is 976. The van der Waals surface area contributed by atoms with Crippen molar-refractivity contribution < 1.29 is 4.39 Å². The molecule has 1 aliphatic heterocycles. The van der Waals surface area contributed by atoms with Crippen LogP contribution < -0.4 is 10.2 Å². The molecule has 1 saturated heterocycles. The molecule has 7 heteroatoms. The summed E-state index contributed by atoms with van der Waals surface area (Å²) in [5.74, 6) is 0.756. The van der Waals surface area contributed by atoms with E-state index in [9.17, 15) is 4.39 Å². The molecule has 1 aromatic heterocycles. The molecule has 0 saturated carbocycles. The summed E-state index contributed by atoms with van der Waals surface area (Å²) in [6, 6.07) is 15.5. The molecule has 162 valence electrons. The third-order valence-corrected chi connectivity index (χ3v) is 5.47. The lowest BCUT2D eigenvalue weighted by Gasteiger charge is -2.37. The predicted molar refractivity (Wildman–Crippen MR) is 123 cm³/mol. The topological polar surface area (TPSA) is 48.7 Å². The number of hydrogen-bond acceptors (Lipinski definition) is 3. The van der Waals surface area contributed by atoms with Gasteiger partial charge in [0.05, 0.1) is 18.6 Å². The molecule has 3 aromatic rings. The second-order valence-corrected chi connectivity index (χ2v) is 7.65. The van der Waals surface area contributed by atoms with Crippen molar-refractivity contribution in [3.8, 4) is 0 Å². The lowest BCUT2D eigenvalue weighted by Crippen LogP contribution is -2.52. The number of aromatic nitrogens is 2. The van der Waals surface area contributed by atoms with Gasteiger partial charge in [-0.25, -0.2) is 14.4 Å². The molecule has 4 rings (SSSR count). The normalized spacial score (nSPS) is 14.7. The second kappa shape index (κ2) is 10.1. The molecule has 0 amide bonds. The fraction of sp³-hybridized carbons (Fsp3) is 0.333. The van der Waals surface area contributed by atoms with Crippen LogP contribution in [0.25, 0.3) is 0 Å². The van der Waals surface area contributed by atoms with Crippen LogP contribution in [-0.2, 0) is 13.1 Å². The van der Waals surface area contributed by atoms with Gasteiger partial charge in [0.25, 0.3) is 0 Å². The molecule has 6 nitrogen and oxygen atoms in total. The first-order valence-corrected chi connectivity index (χ1v) is 10.8. The van der Waals surface area contributed by atoms with Gasteiger partial charge in [-0.15, -0.1) is 0 Å². The zero-order valence-corrected chi connectivity index (χ0v) is 17.9. The fourth-order valence-electron chi connectivity index (χ4n) is 3.80. The van der Waals surface area contributed by atoms with E-state index in [1.165, 1.54) is 17.2 Å². The van der Waals surface area contributed by atoms with Gasteiger partial charge < -0.3 is 19.7 Å². The number of anilines is 1. The van der Waals surface area contributed by atoms with Gasteiger partial charge in [0.2, 0.25) is 0 Å². The van der Waals surface area contributed by atoms with Crippen LogP contribution in [0, 0.1) is 5.82 Å². The van der Waals surface area contributed by atoms with Crippen LogP contribution in [0.4, 0.5) is 10.1 Å². The minimum atomic E-state index is -0.159. The molecule has 2 aromatic carbocycles. The van der Waals surface area contributed by atoms with Gasteiger partial charge in [-0.05, 0) is 30.2 Å². The summed E-state index contributed by atoms with van der Waals surface area (Å²) in [6.45, 7) is 7.50. The van der Waals surface area contributed by atoms with Crippen molar-refractivity contribution in [3.63, 3.8) is 0 Å². The van der Waals surface area contributed by atoms with Crippen molar-refractivity contribution in [3.05, 3.63) is 84.2 Å². The molecule has 31 heavy (non-hydrogen) atoms. The van der Waals surface area contributed by atoms with Crippen molar-refractivity contribution >= 4 is 11.6 Å². The van der Waals surface area contributed by atoms with E-state index in [0.717, 1.165) is 45.2 Å². The maximum atomic E-state index is 14.1. The van der Waals surface area contributed by atoms with E-state index in [1.807, 2.05) is 24.7 Å². The average molecular weight is 421 g/mol. The highest BCUT2D eigenvalue weighted by atomic mass is 19.1. The summed E-state index contributed by atoms with van der Waals surface area (Å²) in [5, 5.41) is 3.40. The van der Waals surface area contributed by atoms with E-state index >= 15 is 0 Å². The van der Waals surface area contributed by atoms with Crippen molar-refractivity contribution in [2.75, 3.05) is 37.6 Å². The monoisotopic (exact) mass is 420 g/mol. The summed E-state index contributed by atoms with van der Waals surface area (Å²) in [5.41, 5.74) is 3.09. The standard InChI is InChI=1S/C24H29FN6/c1-2-27-24(31-15-13-30(14-16-31)23-6-4-3-5-22(23)25)28-17-20-7-9-21(10-8-20)18-29-12-11-26-19-29/h3-12,19H,2,13-18H2,1H3,(H,27,28). The van der Waals surface area contributed by atoms with Gasteiger partial charge in [-0.2, -0.15) is 0 Å². The lowest BCUT2D eigenvalue weighted by atomic mass is 10.1. The number of guanidine groups is 1. The predicted octanol–water partition coefficient (Wildman–Crippen LogP) is 3.36. The quantitative estimate of drug-likeness (QED) is 0.491. The van der Waals surface area contributed by atoms with E-state index in [-0.39, 0.29) is 5.82 Å². The second-order valence-electron chi connectivity index (χ2n) is 7.65. The van der Waals surface area contributed by atoms with Gasteiger partial charge in [-0.1, -0.05) is 36.4 Å². The number of imidazole rings is 1. The van der Waals surface area contributed by atoms with E-state index in [4.69, 9.17) is 4.99 Å². The SMILES string of the molecule is CCNC(=NCc1ccc(Cn2ccnc2)cc1)N1CCN(c2ccccc2F)CC1. The highest BCUT2D eigenvalue weighted by Gasteiger charge is 2.21. The van der Waals surface area contributed by atoms with Gasteiger partial charge in [0.15, 0.2) is 5.96 Å². The van der Waals surface area contributed by atoms with E-state index in [1.54, 1.807) is 12.3 Å². The number of aliphatic imine (C=N–C) groups is 1. The van der Waals surface area contributed by atoms with E-state index in [0.29, 0.717) is 12.2 Å². The highest BCUT2D eigenvalue weighted by molar-refractivity contribution is 5.80. The Morgan fingerprint density at radius 1 is 1.03 bits per heavy atom. The zero-order valence-electron chi connectivity index (χ0n) is 17.9. The van der Waals surface area contributed by atoms with Crippen molar-refractivity contribution in [1.29, 1.82) is 0 Å². The molecular weight excluding hydrogens is 391 g/mol. The lowest BCUT2D eigenvalue weighted by molar-refractivity contribution is 0.370. The fourth-order valence-corrected chi connectivity index (χ4v) is 3.80. The highest BCUT2D eigenvalue weighted by Crippen LogP contribution is 2.20. The number of halogens is 1. The van der Waals surface area contributed by atoms with Crippen LogP contribution in [0.15, 0.2) is 72.2 Å². The molecule has 2 heterocycles. The number of benzene rings is 2. The molecule has 0 spiro atoms. The number of piperazine rings is 1. The first-order valence-electron chi connectivity index (χ1n) is 10.8. The number of nitrogens with zero attached hydrogens (tertiary/aromatic N) is 5. The molecule has 0 atom stereocenters. The van der Waals surface area contributed by atoms with Crippen molar-refractivity contribution in [2.45, 2.75) is 20.0 Å². The third kappa shape index (κ3) is 5.42. The maximum Gasteiger partial charge on any atom is 0.194 e. The first-order chi connectivity index (χ1) is 15.2. The molecule has 0 aliphatic carbocycles. The Kier molecular flexibility index (Phi) is 6.82. The van der Waals surface area contributed by atoms with Gasteiger partial charge in [0, 0.05) is 51.7 Å². The summed E-state index contributed by atoms with van der Waals surface area (Å²) in [7, 11) is 0. The first kappa shape index (κ1) is 20.9. The molecule has 0 radical (unpaired) electrons. The molecular formula is C24H29FN6. The Morgan fingerprint density at radius 3 is 2.45 bits per heavy atom. The molecule has 0 bridgehead atoms. The summed E-state index contributed by atoms with van der Waals surface area (Å²) in [4.78, 5) is 13.3. The average Bonchev–Trinajstić information content (AvgIpc) is 3.31. The molecule has 1 fully saturated rings. The van der Waals surface area contributed by atoms with Crippen LogP contribution in [0.1, 0.15) is 18.1 Å². The van der Waals surface area contributed by atoms with E-state index < -0.39 is 0 Å². The Labute approximate surface area is 183 Å². The van der Waals surface area contributed by atoms with E-state index in [2.05, 4.69) is 55.9 Å². The van der Waals surface area contributed by atoms with Crippen LogP contribution in [0.5, 0.6) is 0 Å². The Hall–Kier alpha value is -3.35. The summed E-state index contributed by atoms with van der Waals surface area (Å²) < 4.78 is 16.2. The van der Waals surface area contributed by atoms with Crippen LogP contribution in [-0.4, -0.2) is 53.1 Å². The number of hydrogen-bond donors (Lipinski definition) is 1. The van der Waals surface area contributed by atoms with Crippen LogP contribution in [0.3, 0.4) is 0 Å². The minimum absolute atomic E-state index is 0.159. The van der Waals surface area contributed by atoms with Crippen LogP contribution in [0.2, 0.25) is 0 Å². The molecule has 1 aliphatic rings. The molecule has 1 N–H and O–H groups in total. The van der Waals surface area contributed by atoms with Gasteiger partial charge in [-0.3, -0.25) is 0 Å². The van der Waals surface area contributed by atoms with Crippen LogP contribution >= 0.6 is 0 Å². The third-order valence-electron chi connectivity index (χ3n) is 5.47. The van der Waals surface area contributed by atoms with Gasteiger partial charge in [0.1, 0.15) is 5.82 Å². The Balaban J connectivity index is 1.35. The van der Waals surface area contributed by atoms with Gasteiger partial charge >= 0.3 is 0 Å². The zero-order chi connectivity index (χ0) is 21.5. The number of rotatable bonds is 6. The van der Waals surface area contributed by atoms with Crippen molar-refractivity contribution in [1.82, 2.24) is 19.8 Å². The summed E-state index contributed by atoms with van der Waals surface area (Å²) in [6.07, 6.45) is 5.58. The smallest absolute Gasteiger partial charge is 0.194 e. The number of nitrogens with one attached hydrogen (secondary N) is 1. The number of para-hydroxylation sites is 1. The Morgan fingerprint density at radius 2 is 1.77 bits per heavy atom.